The van der Waals surface area contributed by atoms with Crippen LogP contribution in [0.25, 0.3) is 0 Å². The molecule has 0 spiro atoms. The van der Waals surface area contributed by atoms with E-state index in [9.17, 15) is 8.42 Å². The number of anilines is 1. The number of rotatable bonds is 13. The van der Waals surface area contributed by atoms with Gasteiger partial charge >= 0.3 is 0 Å². The molecule has 1 aromatic heterocycles. The number of aromatic nitrogens is 2. The molecule has 1 saturated heterocycles. The molecule has 0 unspecified atom stereocenters. The Kier molecular flexibility index (Phi) is 10.8. The van der Waals surface area contributed by atoms with E-state index in [1.54, 1.807) is 18.3 Å². The molecule has 216 valence electrons. The Labute approximate surface area is 245 Å². The average Bonchev–Trinajstić information content (AvgIpc) is 2.96. The molecule has 2 heterocycles. The molecule has 0 bridgehead atoms. The topological polar surface area (TPSA) is 103 Å². The van der Waals surface area contributed by atoms with Crippen molar-refractivity contribution in [2.45, 2.75) is 44.9 Å². The highest BCUT2D eigenvalue weighted by atomic mass is 79.9. The van der Waals surface area contributed by atoms with Crippen molar-refractivity contribution in [3.05, 3.63) is 69.7 Å². The molecule has 2 aromatic carbocycles. The van der Waals surface area contributed by atoms with Crippen molar-refractivity contribution in [2.75, 3.05) is 51.0 Å². The first-order valence-corrected chi connectivity index (χ1v) is 16.0. The van der Waals surface area contributed by atoms with Crippen LogP contribution in [0, 0.1) is 0 Å². The Morgan fingerprint density at radius 1 is 1.00 bits per heavy atom. The van der Waals surface area contributed by atoms with Gasteiger partial charge in [-0.25, -0.2) is 23.1 Å². The van der Waals surface area contributed by atoms with E-state index in [-0.39, 0.29) is 4.90 Å². The van der Waals surface area contributed by atoms with Crippen LogP contribution in [-0.4, -0.2) is 64.4 Å². The summed E-state index contributed by atoms with van der Waals surface area (Å²) in [6, 6.07) is 11.1. The van der Waals surface area contributed by atoms with Crippen molar-refractivity contribution < 1.29 is 22.6 Å². The normalized spacial score (nSPS) is 13.8. The van der Waals surface area contributed by atoms with E-state index < -0.39 is 10.0 Å². The third-order valence-electron chi connectivity index (χ3n) is 6.47. The van der Waals surface area contributed by atoms with E-state index in [0.29, 0.717) is 73.8 Å². The molecule has 1 N–H and O–H groups in total. The number of halogens is 1. The van der Waals surface area contributed by atoms with Gasteiger partial charge in [0.05, 0.1) is 47.2 Å². The lowest BCUT2D eigenvalue weighted by Gasteiger charge is -2.31. The molecule has 4 rings (SSSR count). The summed E-state index contributed by atoms with van der Waals surface area (Å²) in [6.45, 7) is 10.2. The average molecular weight is 634 g/mol. The van der Waals surface area contributed by atoms with Gasteiger partial charge in [0, 0.05) is 50.3 Å². The van der Waals surface area contributed by atoms with Gasteiger partial charge in [-0.2, -0.15) is 0 Å². The molecular weight excluding hydrogens is 596 g/mol. The number of hydrogen-bond donors (Lipinski definition) is 1. The van der Waals surface area contributed by atoms with E-state index in [1.807, 2.05) is 45.0 Å². The summed E-state index contributed by atoms with van der Waals surface area (Å²) in [7, 11) is -3.63. The molecule has 9 nitrogen and oxygen atoms in total. The number of benzene rings is 2. The molecule has 3 aromatic rings. The molecule has 0 radical (unpaired) electrons. The van der Waals surface area contributed by atoms with E-state index in [1.165, 1.54) is 0 Å². The third kappa shape index (κ3) is 7.51. The fraction of sp³-hybridized carbons (Fsp3) is 0.448. The van der Waals surface area contributed by atoms with Gasteiger partial charge in [-0.15, -0.1) is 0 Å². The highest BCUT2D eigenvalue weighted by molar-refractivity contribution is 9.10. The minimum Gasteiger partial charge on any atom is -0.493 e. The SMILES string of the molecule is CCCNS(=O)(=O)c1ccccc1Cc1nc(Cc2cc(OCC)c(N3CCOCC3)cc2OCC)ncc1Br. The number of nitrogens with zero attached hydrogens (tertiary/aromatic N) is 3. The van der Waals surface area contributed by atoms with Crippen molar-refractivity contribution in [2.24, 2.45) is 0 Å². The van der Waals surface area contributed by atoms with Gasteiger partial charge in [-0.05, 0) is 53.9 Å². The molecule has 1 aliphatic heterocycles. The summed E-state index contributed by atoms with van der Waals surface area (Å²) >= 11 is 3.56. The van der Waals surface area contributed by atoms with E-state index in [0.717, 1.165) is 35.8 Å². The fourth-order valence-corrected chi connectivity index (χ4v) is 6.27. The van der Waals surface area contributed by atoms with Crippen LogP contribution in [0.1, 0.15) is 49.8 Å². The molecule has 1 aliphatic rings. The fourth-order valence-electron chi connectivity index (χ4n) is 4.57. The minimum absolute atomic E-state index is 0.259. The van der Waals surface area contributed by atoms with Crippen LogP contribution in [0.15, 0.2) is 52.0 Å². The first-order valence-electron chi connectivity index (χ1n) is 13.7. The predicted molar refractivity (Wildman–Crippen MR) is 159 cm³/mol. The predicted octanol–water partition coefficient (Wildman–Crippen LogP) is 4.74. The van der Waals surface area contributed by atoms with E-state index in [2.05, 4.69) is 30.5 Å². The Balaban J connectivity index is 1.65. The van der Waals surface area contributed by atoms with E-state index >= 15 is 0 Å². The second-order valence-corrected chi connectivity index (χ2v) is 11.9. The zero-order chi connectivity index (χ0) is 28.5. The van der Waals surface area contributed by atoms with Gasteiger partial charge in [0.15, 0.2) is 0 Å². The molecule has 0 amide bonds. The number of morpholine rings is 1. The van der Waals surface area contributed by atoms with Crippen LogP contribution in [0.4, 0.5) is 5.69 Å². The van der Waals surface area contributed by atoms with E-state index in [4.69, 9.17) is 19.2 Å². The third-order valence-corrected chi connectivity index (χ3v) is 8.69. The zero-order valence-electron chi connectivity index (χ0n) is 23.3. The standard InChI is InChI=1S/C29H37BrN4O5S/c1-4-11-32-40(35,36)28-10-8-7-9-21(28)16-24-23(30)20-31-29(33-24)18-22-17-27(39-6-3)25(19-26(22)38-5-2)34-12-14-37-15-13-34/h7-10,17,19-20,32H,4-6,11-16,18H2,1-3H3. The highest BCUT2D eigenvalue weighted by Gasteiger charge is 2.22. The van der Waals surface area contributed by atoms with Crippen LogP contribution >= 0.6 is 15.9 Å². The second-order valence-electron chi connectivity index (χ2n) is 9.33. The van der Waals surface area contributed by atoms with Gasteiger partial charge in [-0.1, -0.05) is 25.1 Å². The first-order chi connectivity index (χ1) is 19.4. The summed E-state index contributed by atoms with van der Waals surface area (Å²) in [6.07, 6.45) is 3.19. The molecule has 11 heteroatoms. The van der Waals surface area contributed by atoms with Gasteiger partial charge in [0.1, 0.15) is 17.3 Å². The quantitative estimate of drug-likeness (QED) is 0.288. The lowest BCUT2D eigenvalue weighted by atomic mass is 10.1. The summed E-state index contributed by atoms with van der Waals surface area (Å²) in [5.41, 5.74) is 3.28. The molecule has 0 atom stereocenters. The molecule has 1 fully saturated rings. The number of sulfonamides is 1. The van der Waals surface area contributed by atoms with Crippen LogP contribution in [0.2, 0.25) is 0 Å². The summed E-state index contributed by atoms with van der Waals surface area (Å²) in [5, 5.41) is 0. The largest absolute Gasteiger partial charge is 0.493 e. The van der Waals surface area contributed by atoms with Gasteiger partial charge in [0.2, 0.25) is 10.0 Å². The van der Waals surface area contributed by atoms with Crippen molar-refractivity contribution in [3.63, 3.8) is 0 Å². The van der Waals surface area contributed by atoms with Gasteiger partial charge in [-0.3, -0.25) is 0 Å². The number of nitrogens with one attached hydrogen (secondary N) is 1. The Morgan fingerprint density at radius 2 is 1.73 bits per heavy atom. The number of ether oxygens (including phenoxy) is 3. The first kappa shape index (κ1) is 30.2. The molecular formula is C29H37BrN4O5S. The maximum absolute atomic E-state index is 12.9. The minimum atomic E-state index is -3.63. The van der Waals surface area contributed by atoms with Crippen LogP contribution < -0.4 is 19.1 Å². The van der Waals surface area contributed by atoms with Gasteiger partial charge in [0.25, 0.3) is 0 Å². The Morgan fingerprint density at radius 3 is 2.45 bits per heavy atom. The van der Waals surface area contributed by atoms with Gasteiger partial charge < -0.3 is 19.1 Å². The van der Waals surface area contributed by atoms with Crippen LogP contribution in [0.5, 0.6) is 11.5 Å². The van der Waals surface area contributed by atoms with Crippen molar-refractivity contribution in [3.8, 4) is 11.5 Å². The van der Waals surface area contributed by atoms with Crippen LogP contribution in [0.3, 0.4) is 0 Å². The maximum Gasteiger partial charge on any atom is 0.240 e. The lowest BCUT2D eigenvalue weighted by molar-refractivity contribution is 0.122. The lowest BCUT2D eigenvalue weighted by Crippen LogP contribution is -2.36. The summed E-state index contributed by atoms with van der Waals surface area (Å²) in [4.78, 5) is 11.9. The maximum atomic E-state index is 12.9. The molecule has 0 saturated carbocycles. The van der Waals surface area contributed by atoms with Crippen LogP contribution in [-0.2, 0) is 27.6 Å². The Hall–Kier alpha value is -2.73. The summed E-state index contributed by atoms with van der Waals surface area (Å²) < 4.78 is 46.9. The summed E-state index contributed by atoms with van der Waals surface area (Å²) in [5.74, 6) is 2.16. The monoisotopic (exact) mass is 632 g/mol. The molecule has 0 aliphatic carbocycles. The smallest absolute Gasteiger partial charge is 0.240 e. The van der Waals surface area contributed by atoms with Crippen molar-refractivity contribution in [1.29, 1.82) is 0 Å². The Bertz CT molecular complexity index is 1400. The molecule has 40 heavy (non-hydrogen) atoms. The number of hydrogen-bond acceptors (Lipinski definition) is 8. The van der Waals surface area contributed by atoms with Crippen molar-refractivity contribution >= 4 is 31.6 Å². The second kappa shape index (κ2) is 14.2. The zero-order valence-corrected chi connectivity index (χ0v) is 25.7. The van der Waals surface area contributed by atoms with Crippen molar-refractivity contribution in [1.82, 2.24) is 14.7 Å². The highest BCUT2D eigenvalue weighted by Crippen LogP contribution is 2.37.